The maximum absolute atomic E-state index is 12.6. The highest BCUT2D eigenvalue weighted by atomic mass is 16.2. The molecule has 2 bridgehead atoms. The first-order valence-corrected chi connectivity index (χ1v) is 10.4. The van der Waals surface area contributed by atoms with Gasteiger partial charge in [0.2, 0.25) is 5.91 Å². The predicted molar refractivity (Wildman–Crippen MR) is 114 cm³/mol. The van der Waals surface area contributed by atoms with Crippen LogP contribution in [0.4, 0.5) is 0 Å². The Morgan fingerprint density at radius 3 is 2.77 bits per heavy atom. The molecule has 1 aliphatic heterocycles. The van der Waals surface area contributed by atoms with Crippen molar-refractivity contribution in [3.63, 3.8) is 0 Å². The zero-order valence-corrected chi connectivity index (χ0v) is 16.6. The molecule has 2 N–H and O–H groups in total. The van der Waals surface area contributed by atoms with Crippen molar-refractivity contribution in [1.29, 1.82) is 5.26 Å². The molecule has 0 radical (unpaired) electrons. The van der Waals surface area contributed by atoms with Gasteiger partial charge in [0, 0.05) is 24.0 Å². The number of rotatable bonds is 5. The minimum Gasteiger partial charge on any atom is -0.339 e. The van der Waals surface area contributed by atoms with Gasteiger partial charge in [0.05, 0.1) is 17.6 Å². The monoisotopic (exact) mass is 397 g/mol. The van der Waals surface area contributed by atoms with E-state index in [0.29, 0.717) is 18.4 Å². The molecule has 3 unspecified atom stereocenters. The second-order valence-electron chi connectivity index (χ2n) is 8.30. The number of amides is 1. The second kappa shape index (κ2) is 7.85. The number of nitrogens with one attached hydrogen (secondary N) is 2. The fourth-order valence-electron chi connectivity index (χ4n) is 4.76. The molecule has 2 fully saturated rings. The molecule has 5 rings (SSSR count). The number of carbonyl (C=O) groups excluding carboxylic acids is 1. The summed E-state index contributed by atoms with van der Waals surface area (Å²) in [6.45, 7) is 0. The first kappa shape index (κ1) is 18.7. The molecule has 1 aliphatic carbocycles. The molecule has 1 saturated heterocycles. The number of aromatic nitrogens is 2. The standard InChI is InChI=1S/C24H23N5O/c25-12-21(29-24(30)23-18-7-8-20(10-18)28-23)9-15-1-3-16(4-2-15)17-5-6-19-13-26-14-27-22(19)11-17/h1-6,11,13-14,18,20-21,23,28H,7-10H2,(H,29,30)/t18?,20?,21-,23?/m0/s1. The van der Waals surface area contributed by atoms with Gasteiger partial charge < -0.3 is 10.6 Å². The van der Waals surface area contributed by atoms with Gasteiger partial charge in [-0.25, -0.2) is 9.97 Å². The fraction of sp³-hybridized carbons (Fsp3) is 0.333. The predicted octanol–water partition coefficient (Wildman–Crippen LogP) is 2.99. The van der Waals surface area contributed by atoms with Gasteiger partial charge in [0.25, 0.3) is 0 Å². The van der Waals surface area contributed by atoms with Crippen LogP contribution in [0.15, 0.2) is 55.0 Å². The van der Waals surface area contributed by atoms with E-state index in [-0.39, 0.29) is 11.9 Å². The summed E-state index contributed by atoms with van der Waals surface area (Å²) in [7, 11) is 0. The van der Waals surface area contributed by atoms with Gasteiger partial charge in [-0.1, -0.05) is 36.4 Å². The van der Waals surface area contributed by atoms with Crippen molar-refractivity contribution in [2.45, 2.75) is 43.8 Å². The molecular formula is C24H23N5O. The summed E-state index contributed by atoms with van der Waals surface area (Å²) in [5, 5.41) is 16.9. The minimum atomic E-state index is -0.526. The molecule has 1 saturated carbocycles. The molecule has 2 aliphatic rings. The van der Waals surface area contributed by atoms with Crippen molar-refractivity contribution in [3.8, 4) is 17.2 Å². The van der Waals surface area contributed by atoms with Crippen molar-refractivity contribution in [2.75, 3.05) is 0 Å². The largest absolute Gasteiger partial charge is 0.339 e. The van der Waals surface area contributed by atoms with Crippen LogP contribution in [0.1, 0.15) is 24.8 Å². The van der Waals surface area contributed by atoms with Crippen molar-refractivity contribution < 1.29 is 4.79 Å². The van der Waals surface area contributed by atoms with Crippen LogP contribution >= 0.6 is 0 Å². The highest BCUT2D eigenvalue weighted by Gasteiger charge is 2.43. The average Bonchev–Trinajstić information content (AvgIpc) is 3.43. The zero-order chi connectivity index (χ0) is 20.5. The van der Waals surface area contributed by atoms with Gasteiger partial charge in [-0.05, 0) is 47.9 Å². The van der Waals surface area contributed by atoms with Gasteiger partial charge in [0.15, 0.2) is 0 Å². The lowest BCUT2D eigenvalue weighted by Crippen LogP contribution is -2.50. The lowest BCUT2D eigenvalue weighted by molar-refractivity contribution is -0.124. The summed E-state index contributed by atoms with van der Waals surface area (Å²) in [4.78, 5) is 21.0. The number of hydrogen-bond donors (Lipinski definition) is 2. The molecule has 6 heteroatoms. The van der Waals surface area contributed by atoms with Crippen molar-refractivity contribution in [2.24, 2.45) is 5.92 Å². The van der Waals surface area contributed by atoms with Crippen molar-refractivity contribution in [1.82, 2.24) is 20.6 Å². The Morgan fingerprint density at radius 2 is 2.03 bits per heavy atom. The smallest absolute Gasteiger partial charge is 0.238 e. The van der Waals surface area contributed by atoms with Crippen LogP contribution in [0.2, 0.25) is 0 Å². The topological polar surface area (TPSA) is 90.7 Å². The van der Waals surface area contributed by atoms with Crippen LogP contribution in [0, 0.1) is 17.2 Å². The highest BCUT2D eigenvalue weighted by molar-refractivity contribution is 5.84. The number of nitriles is 1. The molecule has 150 valence electrons. The highest BCUT2D eigenvalue weighted by Crippen LogP contribution is 2.35. The lowest BCUT2D eigenvalue weighted by atomic mass is 9.98. The first-order valence-electron chi connectivity index (χ1n) is 10.4. The number of nitrogens with zero attached hydrogens (tertiary/aromatic N) is 3. The molecule has 6 nitrogen and oxygen atoms in total. The Hall–Kier alpha value is -3.30. The molecule has 30 heavy (non-hydrogen) atoms. The third-order valence-corrected chi connectivity index (χ3v) is 6.35. The van der Waals surface area contributed by atoms with E-state index in [9.17, 15) is 10.1 Å². The molecular weight excluding hydrogens is 374 g/mol. The van der Waals surface area contributed by atoms with Crippen LogP contribution in [0.25, 0.3) is 22.0 Å². The van der Waals surface area contributed by atoms with E-state index in [1.165, 1.54) is 0 Å². The lowest BCUT2D eigenvalue weighted by Gasteiger charge is -2.23. The molecule has 1 amide bonds. The Morgan fingerprint density at radius 1 is 1.20 bits per heavy atom. The number of benzene rings is 2. The molecule has 2 aromatic carbocycles. The fourth-order valence-corrected chi connectivity index (χ4v) is 4.76. The van der Waals surface area contributed by atoms with Crippen LogP contribution in [0.5, 0.6) is 0 Å². The Balaban J connectivity index is 1.25. The molecule has 4 atom stereocenters. The maximum atomic E-state index is 12.6. The van der Waals surface area contributed by atoms with Gasteiger partial charge in [-0.15, -0.1) is 0 Å². The Bertz CT molecular complexity index is 1120. The van der Waals surface area contributed by atoms with Gasteiger partial charge >= 0.3 is 0 Å². The third kappa shape index (κ3) is 3.64. The first-order chi connectivity index (χ1) is 14.7. The SMILES string of the molecule is N#C[C@H](Cc1ccc(-c2ccc3cncnc3c2)cc1)NC(=O)C1NC2CCC1C2. The summed E-state index contributed by atoms with van der Waals surface area (Å²) in [5.41, 5.74) is 4.10. The quantitative estimate of drug-likeness (QED) is 0.691. The van der Waals surface area contributed by atoms with Crippen LogP contribution in [0.3, 0.4) is 0 Å². The van der Waals surface area contributed by atoms with E-state index in [4.69, 9.17) is 0 Å². The van der Waals surface area contributed by atoms with E-state index in [0.717, 1.165) is 46.9 Å². The Kier molecular flexibility index (Phi) is 4.89. The summed E-state index contributed by atoms with van der Waals surface area (Å²) in [6, 6.07) is 16.3. The van der Waals surface area contributed by atoms with Crippen molar-refractivity contribution >= 4 is 16.8 Å². The maximum Gasteiger partial charge on any atom is 0.238 e. The molecule has 2 heterocycles. The molecule has 3 aromatic rings. The number of piperidine rings is 1. The molecule has 1 aromatic heterocycles. The van der Waals surface area contributed by atoms with E-state index in [2.05, 4.69) is 32.7 Å². The normalized spacial score (nSPS) is 23.2. The summed E-state index contributed by atoms with van der Waals surface area (Å²) < 4.78 is 0. The van der Waals surface area contributed by atoms with E-state index in [1.54, 1.807) is 12.5 Å². The van der Waals surface area contributed by atoms with Crippen LogP contribution in [-0.2, 0) is 11.2 Å². The number of fused-ring (bicyclic) bond motifs is 3. The summed E-state index contributed by atoms with van der Waals surface area (Å²) in [6.07, 6.45) is 7.20. The van der Waals surface area contributed by atoms with E-state index < -0.39 is 6.04 Å². The van der Waals surface area contributed by atoms with E-state index >= 15 is 0 Å². The summed E-state index contributed by atoms with van der Waals surface area (Å²) in [5.74, 6) is 0.379. The average molecular weight is 397 g/mol. The molecule has 0 spiro atoms. The third-order valence-electron chi connectivity index (χ3n) is 6.35. The van der Waals surface area contributed by atoms with E-state index in [1.807, 2.05) is 36.4 Å². The van der Waals surface area contributed by atoms with Gasteiger partial charge in [-0.3, -0.25) is 4.79 Å². The van der Waals surface area contributed by atoms with Crippen LogP contribution in [-0.4, -0.2) is 34.0 Å². The van der Waals surface area contributed by atoms with Gasteiger partial charge in [-0.2, -0.15) is 5.26 Å². The number of hydrogen-bond acceptors (Lipinski definition) is 5. The second-order valence-corrected chi connectivity index (χ2v) is 8.30. The Labute approximate surface area is 175 Å². The summed E-state index contributed by atoms with van der Waals surface area (Å²) >= 11 is 0. The van der Waals surface area contributed by atoms with Crippen LogP contribution < -0.4 is 10.6 Å². The zero-order valence-electron chi connectivity index (χ0n) is 16.6. The van der Waals surface area contributed by atoms with Gasteiger partial charge in [0.1, 0.15) is 12.4 Å². The van der Waals surface area contributed by atoms with Crippen molar-refractivity contribution in [3.05, 3.63) is 60.6 Å². The minimum absolute atomic E-state index is 0.0384. The number of carbonyl (C=O) groups is 1.